The fraction of sp³-hybridized carbons (Fsp3) is 0.667. The standard InChI is InChI=1S/C9H16N2O5S/c1-16-7(12)5-6(8(13)14)11-9(15)10-3-4-17-2/h6H,3-5H2,1-2H3,(H,13,14)(H2,10,11,15)/t6-/m0/s1. The van der Waals surface area contributed by atoms with E-state index in [1.165, 1.54) is 0 Å². The van der Waals surface area contributed by atoms with Gasteiger partial charge in [0.15, 0.2) is 0 Å². The zero-order chi connectivity index (χ0) is 13.3. The molecule has 8 heteroatoms. The number of carboxylic acid groups (broad SMARTS) is 1. The number of rotatable bonds is 7. The van der Waals surface area contributed by atoms with Gasteiger partial charge in [-0.1, -0.05) is 0 Å². The fourth-order valence-corrected chi connectivity index (χ4v) is 1.23. The van der Waals surface area contributed by atoms with E-state index in [-0.39, 0.29) is 0 Å². The van der Waals surface area contributed by atoms with Crippen LogP contribution in [0.3, 0.4) is 0 Å². The van der Waals surface area contributed by atoms with Crippen LogP contribution < -0.4 is 10.6 Å². The minimum absolute atomic E-state index is 0.401. The minimum atomic E-state index is -1.28. The number of ether oxygens (including phenoxy) is 1. The van der Waals surface area contributed by atoms with E-state index >= 15 is 0 Å². The van der Waals surface area contributed by atoms with E-state index < -0.39 is 30.4 Å². The largest absolute Gasteiger partial charge is 0.480 e. The first-order valence-corrected chi connectivity index (χ1v) is 6.23. The van der Waals surface area contributed by atoms with Crippen LogP contribution in [0.15, 0.2) is 0 Å². The summed E-state index contributed by atoms with van der Waals surface area (Å²) in [4.78, 5) is 32.9. The third-order valence-corrected chi connectivity index (χ3v) is 2.41. The van der Waals surface area contributed by atoms with Gasteiger partial charge in [0, 0.05) is 12.3 Å². The molecule has 0 unspecified atom stereocenters. The quantitative estimate of drug-likeness (QED) is 0.429. The Morgan fingerprint density at radius 2 is 2.06 bits per heavy atom. The molecule has 1 atom stereocenters. The zero-order valence-electron chi connectivity index (χ0n) is 9.69. The number of thioether (sulfide) groups is 1. The number of hydrogen-bond acceptors (Lipinski definition) is 5. The summed E-state index contributed by atoms with van der Waals surface area (Å²) < 4.78 is 4.33. The lowest BCUT2D eigenvalue weighted by molar-refractivity contribution is -0.147. The number of carbonyl (C=O) groups excluding carboxylic acids is 2. The van der Waals surface area contributed by atoms with Gasteiger partial charge in [-0.15, -0.1) is 0 Å². The SMILES string of the molecule is COC(=O)C[C@H](NC(=O)NCCSC)C(=O)O. The molecule has 0 fully saturated rings. The van der Waals surface area contributed by atoms with E-state index in [1.807, 2.05) is 6.26 Å². The zero-order valence-corrected chi connectivity index (χ0v) is 10.5. The summed E-state index contributed by atoms with van der Waals surface area (Å²) >= 11 is 1.55. The van der Waals surface area contributed by atoms with Crippen LogP contribution in [0.2, 0.25) is 0 Å². The van der Waals surface area contributed by atoms with Crippen LogP contribution in [0.5, 0.6) is 0 Å². The van der Waals surface area contributed by atoms with Crippen LogP contribution in [0.4, 0.5) is 4.79 Å². The molecule has 17 heavy (non-hydrogen) atoms. The topological polar surface area (TPSA) is 105 Å². The van der Waals surface area contributed by atoms with Crippen molar-refractivity contribution in [3.63, 3.8) is 0 Å². The number of urea groups is 1. The Hall–Kier alpha value is -1.44. The van der Waals surface area contributed by atoms with Gasteiger partial charge in [-0.05, 0) is 6.26 Å². The summed E-state index contributed by atoms with van der Waals surface area (Å²) in [5.74, 6) is -1.25. The van der Waals surface area contributed by atoms with Crippen LogP contribution in [-0.4, -0.2) is 54.8 Å². The van der Waals surface area contributed by atoms with Crippen LogP contribution in [0.1, 0.15) is 6.42 Å². The first kappa shape index (κ1) is 15.6. The summed E-state index contributed by atoms with van der Waals surface area (Å²) in [6.07, 6.45) is 1.48. The predicted octanol–water partition coefficient (Wildman–Crippen LogP) is -0.335. The number of nitrogens with one attached hydrogen (secondary N) is 2. The smallest absolute Gasteiger partial charge is 0.326 e. The fourth-order valence-electron chi connectivity index (χ4n) is 0.926. The molecule has 0 rings (SSSR count). The lowest BCUT2D eigenvalue weighted by Gasteiger charge is -2.13. The molecule has 7 nitrogen and oxygen atoms in total. The van der Waals surface area contributed by atoms with E-state index in [0.29, 0.717) is 6.54 Å². The lowest BCUT2D eigenvalue weighted by Crippen LogP contribution is -2.47. The second-order valence-corrected chi connectivity index (χ2v) is 4.05. The van der Waals surface area contributed by atoms with Gasteiger partial charge in [0.1, 0.15) is 6.04 Å². The molecule has 0 aromatic heterocycles. The molecule has 0 aliphatic rings. The van der Waals surface area contributed by atoms with Gasteiger partial charge in [-0.25, -0.2) is 9.59 Å². The predicted molar refractivity (Wildman–Crippen MR) is 63.0 cm³/mol. The summed E-state index contributed by atoms with van der Waals surface area (Å²) in [6, 6.07) is -1.90. The van der Waals surface area contributed by atoms with E-state index in [0.717, 1.165) is 12.9 Å². The van der Waals surface area contributed by atoms with Crippen LogP contribution in [0, 0.1) is 0 Å². The van der Waals surface area contributed by atoms with Crippen molar-refractivity contribution in [2.75, 3.05) is 25.7 Å². The second kappa shape index (κ2) is 8.68. The molecular weight excluding hydrogens is 248 g/mol. The summed E-state index contributed by atoms with van der Waals surface area (Å²) in [5, 5.41) is 13.4. The highest BCUT2D eigenvalue weighted by Crippen LogP contribution is 1.95. The molecule has 0 saturated carbocycles. The van der Waals surface area contributed by atoms with E-state index in [4.69, 9.17) is 5.11 Å². The van der Waals surface area contributed by atoms with Crippen molar-refractivity contribution in [1.82, 2.24) is 10.6 Å². The van der Waals surface area contributed by atoms with Crippen LogP contribution in [-0.2, 0) is 14.3 Å². The second-order valence-electron chi connectivity index (χ2n) is 3.06. The Morgan fingerprint density at radius 3 is 2.53 bits per heavy atom. The molecule has 2 amide bonds. The molecule has 0 aromatic rings. The number of amides is 2. The lowest BCUT2D eigenvalue weighted by atomic mass is 10.2. The van der Waals surface area contributed by atoms with Crippen molar-refractivity contribution < 1.29 is 24.2 Å². The number of hydrogen-bond donors (Lipinski definition) is 3. The first-order chi connectivity index (χ1) is 8.01. The Balaban J connectivity index is 4.11. The van der Waals surface area contributed by atoms with Gasteiger partial charge in [0.25, 0.3) is 0 Å². The number of aliphatic carboxylic acids is 1. The molecule has 0 aromatic carbocycles. The molecule has 0 radical (unpaired) electrons. The first-order valence-electron chi connectivity index (χ1n) is 4.84. The molecule has 0 saturated heterocycles. The highest BCUT2D eigenvalue weighted by Gasteiger charge is 2.23. The van der Waals surface area contributed by atoms with Crippen molar-refractivity contribution in [2.24, 2.45) is 0 Å². The maximum absolute atomic E-state index is 11.3. The average molecular weight is 264 g/mol. The van der Waals surface area contributed by atoms with E-state index in [2.05, 4.69) is 15.4 Å². The molecule has 98 valence electrons. The number of methoxy groups -OCH3 is 1. The molecule has 0 spiro atoms. The van der Waals surface area contributed by atoms with E-state index in [9.17, 15) is 14.4 Å². The number of carbonyl (C=O) groups is 3. The van der Waals surface area contributed by atoms with Gasteiger partial charge >= 0.3 is 18.0 Å². The molecule has 0 bridgehead atoms. The monoisotopic (exact) mass is 264 g/mol. The molecule has 0 aliphatic heterocycles. The molecule has 0 aliphatic carbocycles. The Labute approximate surface area is 103 Å². The molecular formula is C9H16N2O5S. The highest BCUT2D eigenvalue weighted by molar-refractivity contribution is 7.98. The minimum Gasteiger partial charge on any atom is -0.480 e. The van der Waals surface area contributed by atoms with Gasteiger partial charge in [0.2, 0.25) is 0 Å². The van der Waals surface area contributed by atoms with Crippen molar-refractivity contribution in [1.29, 1.82) is 0 Å². The summed E-state index contributed by atoms with van der Waals surface area (Å²) in [5.41, 5.74) is 0. The number of esters is 1. The van der Waals surface area contributed by atoms with Crippen molar-refractivity contribution in [3.8, 4) is 0 Å². The van der Waals surface area contributed by atoms with Gasteiger partial charge in [0.05, 0.1) is 13.5 Å². The Kier molecular flexibility index (Phi) is 7.95. The molecule has 3 N–H and O–H groups in total. The van der Waals surface area contributed by atoms with E-state index in [1.54, 1.807) is 11.8 Å². The Morgan fingerprint density at radius 1 is 1.41 bits per heavy atom. The molecule has 0 heterocycles. The van der Waals surface area contributed by atoms with Crippen molar-refractivity contribution >= 4 is 29.7 Å². The van der Waals surface area contributed by atoms with Gasteiger partial charge in [-0.2, -0.15) is 11.8 Å². The van der Waals surface area contributed by atoms with Gasteiger partial charge < -0.3 is 20.5 Å². The maximum atomic E-state index is 11.3. The van der Waals surface area contributed by atoms with Crippen molar-refractivity contribution in [3.05, 3.63) is 0 Å². The van der Waals surface area contributed by atoms with Gasteiger partial charge in [-0.3, -0.25) is 4.79 Å². The highest BCUT2D eigenvalue weighted by atomic mass is 32.2. The van der Waals surface area contributed by atoms with Crippen molar-refractivity contribution in [2.45, 2.75) is 12.5 Å². The number of carboxylic acids is 1. The summed E-state index contributed by atoms with van der Waals surface area (Å²) in [6.45, 7) is 0.428. The van der Waals surface area contributed by atoms with Crippen LogP contribution >= 0.6 is 11.8 Å². The Bertz CT molecular complexity index is 285. The normalized spacial score (nSPS) is 11.4. The van der Waals surface area contributed by atoms with Crippen LogP contribution in [0.25, 0.3) is 0 Å². The third kappa shape index (κ3) is 7.45. The average Bonchev–Trinajstić information content (AvgIpc) is 2.28. The third-order valence-electron chi connectivity index (χ3n) is 1.79. The summed E-state index contributed by atoms with van der Waals surface area (Å²) in [7, 11) is 1.15. The maximum Gasteiger partial charge on any atom is 0.326 e.